The van der Waals surface area contributed by atoms with Gasteiger partial charge in [0.2, 0.25) is 0 Å². The van der Waals surface area contributed by atoms with E-state index in [2.05, 4.69) is 0 Å². The van der Waals surface area contributed by atoms with Gasteiger partial charge in [0.05, 0.1) is 6.61 Å². The molecule has 0 spiro atoms. The third-order valence-corrected chi connectivity index (χ3v) is 1.99. The van der Waals surface area contributed by atoms with Crippen LogP contribution in [0.2, 0.25) is 0 Å². The molecule has 1 heterocycles. The smallest absolute Gasteiger partial charge is 0.128 e. The van der Waals surface area contributed by atoms with E-state index in [1.54, 1.807) is 12.1 Å². The molecule has 1 aliphatic heterocycles. The molecule has 2 N–H and O–H groups in total. The average molecular weight is 163 g/mol. The van der Waals surface area contributed by atoms with Crippen molar-refractivity contribution in [2.75, 3.05) is 6.61 Å². The van der Waals surface area contributed by atoms with Crippen molar-refractivity contribution in [3.05, 3.63) is 23.3 Å². The molecule has 62 valence electrons. The molecular weight excluding hydrogens is 154 g/mol. The largest absolute Gasteiger partial charge is 0.507 e. The predicted octanol–water partition coefficient (Wildman–Crippen LogP) is 1.32. The Hall–Kier alpha value is -1.51. The van der Waals surface area contributed by atoms with E-state index in [4.69, 9.17) is 10.1 Å². The van der Waals surface area contributed by atoms with Crippen LogP contribution >= 0.6 is 0 Å². The van der Waals surface area contributed by atoms with Crippen LogP contribution in [-0.4, -0.2) is 17.9 Å². The van der Waals surface area contributed by atoms with Crippen LogP contribution in [0.4, 0.5) is 0 Å². The average Bonchev–Trinajstić information content (AvgIpc) is 2.49. The van der Waals surface area contributed by atoms with E-state index in [0.29, 0.717) is 12.2 Å². The number of ether oxygens (including phenoxy) is 1. The van der Waals surface area contributed by atoms with Gasteiger partial charge < -0.3 is 15.3 Å². The van der Waals surface area contributed by atoms with Gasteiger partial charge >= 0.3 is 0 Å². The maximum absolute atomic E-state index is 9.34. The van der Waals surface area contributed by atoms with Gasteiger partial charge in [-0.1, -0.05) is 0 Å². The zero-order valence-electron chi connectivity index (χ0n) is 6.50. The van der Waals surface area contributed by atoms with Gasteiger partial charge in [0.15, 0.2) is 0 Å². The lowest BCUT2D eigenvalue weighted by Crippen LogP contribution is -1.85. The Labute approximate surface area is 70.1 Å². The SMILES string of the molecule is N=Cc1cc2c(cc1O)OCC2. The molecule has 0 atom stereocenters. The zero-order chi connectivity index (χ0) is 8.55. The summed E-state index contributed by atoms with van der Waals surface area (Å²) >= 11 is 0. The van der Waals surface area contributed by atoms with Crippen LogP contribution in [0.25, 0.3) is 0 Å². The van der Waals surface area contributed by atoms with Crippen LogP contribution in [0.15, 0.2) is 12.1 Å². The van der Waals surface area contributed by atoms with Gasteiger partial charge in [-0.15, -0.1) is 0 Å². The highest BCUT2D eigenvalue weighted by molar-refractivity contribution is 5.82. The zero-order valence-corrected chi connectivity index (χ0v) is 6.50. The lowest BCUT2D eigenvalue weighted by Gasteiger charge is -2.02. The second kappa shape index (κ2) is 2.52. The molecular formula is C9H9NO2. The normalized spacial score (nSPS) is 13.7. The number of benzene rings is 1. The summed E-state index contributed by atoms with van der Waals surface area (Å²) in [5, 5.41) is 16.4. The molecule has 3 nitrogen and oxygen atoms in total. The van der Waals surface area contributed by atoms with Gasteiger partial charge in [0.1, 0.15) is 11.5 Å². The van der Waals surface area contributed by atoms with Crippen LogP contribution in [0, 0.1) is 5.41 Å². The number of hydrogen-bond acceptors (Lipinski definition) is 3. The first kappa shape index (κ1) is 7.16. The number of phenols is 1. The van der Waals surface area contributed by atoms with Crippen molar-refractivity contribution in [2.45, 2.75) is 6.42 Å². The van der Waals surface area contributed by atoms with Gasteiger partial charge in [0.25, 0.3) is 0 Å². The van der Waals surface area contributed by atoms with Gasteiger partial charge in [-0.2, -0.15) is 0 Å². The summed E-state index contributed by atoms with van der Waals surface area (Å²) < 4.78 is 5.24. The second-order valence-electron chi connectivity index (χ2n) is 2.76. The molecule has 1 aromatic carbocycles. The lowest BCUT2D eigenvalue weighted by atomic mass is 10.1. The Bertz CT molecular complexity index is 334. The summed E-state index contributed by atoms with van der Waals surface area (Å²) in [5.74, 6) is 0.865. The monoisotopic (exact) mass is 163 g/mol. The topological polar surface area (TPSA) is 53.3 Å². The van der Waals surface area contributed by atoms with E-state index in [-0.39, 0.29) is 5.75 Å². The van der Waals surface area contributed by atoms with E-state index in [0.717, 1.165) is 23.9 Å². The Morgan fingerprint density at radius 1 is 1.50 bits per heavy atom. The Kier molecular flexibility index (Phi) is 1.50. The molecule has 0 radical (unpaired) electrons. The van der Waals surface area contributed by atoms with E-state index < -0.39 is 0 Å². The molecule has 1 aliphatic rings. The quantitative estimate of drug-likeness (QED) is 0.613. The predicted molar refractivity (Wildman–Crippen MR) is 45.2 cm³/mol. The second-order valence-corrected chi connectivity index (χ2v) is 2.76. The number of hydrogen-bond donors (Lipinski definition) is 2. The fourth-order valence-electron chi connectivity index (χ4n) is 1.35. The molecule has 0 saturated heterocycles. The summed E-state index contributed by atoms with van der Waals surface area (Å²) in [6.45, 7) is 0.677. The minimum Gasteiger partial charge on any atom is -0.507 e. The highest BCUT2D eigenvalue weighted by Crippen LogP contribution is 2.31. The summed E-state index contributed by atoms with van der Waals surface area (Å²) in [6.07, 6.45) is 2.02. The molecule has 0 saturated carbocycles. The van der Waals surface area contributed by atoms with Gasteiger partial charge in [0, 0.05) is 24.3 Å². The molecule has 1 aromatic rings. The van der Waals surface area contributed by atoms with Crippen molar-refractivity contribution in [3.63, 3.8) is 0 Å². The van der Waals surface area contributed by atoms with Gasteiger partial charge in [-0.05, 0) is 11.6 Å². The molecule has 12 heavy (non-hydrogen) atoms. The van der Waals surface area contributed by atoms with Crippen LogP contribution < -0.4 is 4.74 Å². The van der Waals surface area contributed by atoms with E-state index >= 15 is 0 Å². The molecule has 3 heteroatoms. The molecule has 0 aliphatic carbocycles. The molecule has 0 amide bonds. The van der Waals surface area contributed by atoms with Crippen molar-refractivity contribution >= 4 is 6.21 Å². The summed E-state index contributed by atoms with van der Waals surface area (Å²) in [7, 11) is 0. The number of phenolic OH excluding ortho intramolecular Hbond substituents is 1. The summed E-state index contributed by atoms with van der Waals surface area (Å²) in [5.41, 5.74) is 1.63. The van der Waals surface area contributed by atoms with Crippen LogP contribution in [0.3, 0.4) is 0 Å². The molecule has 0 unspecified atom stereocenters. The van der Waals surface area contributed by atoms with E-state index in [1.165, 1.54) is 0 Å². The van der Waals surface area contributed by atoms with Crippen molar-refractivity contribution < 1.29 is 9.84 Å². The summed E-state index contributed by atoms with van der Waals surface area (Å²) in [4.78, 5) is 0. The van der Waals surface area contributed by atoms with Crippen molar-refractivity contribution in [2.24, 2.45) is 0 Å². The van der Waals surface area contributed by atoms with E-state index in [9.17, 15) is 5.11 Å². The number of nitrogens with one attached hydrogen (secondary N) is 1. The number of fused-ring (bicyclic) bond motifs is 1. The highest BCUT2D eigenvalue weighted by atomic mass is 16.5. The highest BCUT2D eigenvalue weighted by Gasteiger charge is 2.14. The van der Waals surface area contributed by atoms with Crippen LogP contribution in [-0.2, 0) is 6.42 Å². The molecule has 2 rings (SSSR count). The van der Waals surface area contributed by atoms with Crippen molar-refractivity contribution in [1.82, 2.24) is 0 Å². The number of aromatic hydroxyl groups is 1. The lowest BCUT2D eigenvalue weighted by molar-refractivity contribution is 0.354. The maximum Gasteiger partial charge on any atom is 0.128 e. The third kappa shape index (κ3) is 0.942. The fraction of sp³-hybridized carbons (Fsp3) is 0.222. The first-order valence-electron chi connectivity index (χ1n) is 3.80. The molecule has 0 fully saturated rings. The molecule has 0 aromatic heterocycles. The maximum atomic E-state index is 9.34. The first-order valence-corrected chi connectivity index (χ1v) is 3.80. The van der Waals surface area contributed by atoms with Crippen LogP contribution in [0.5, 0.6) is 11.5 Å². The Morgan fingerprint density at radius 2 is 2.33 bits per heavy atom. The Balaban J connectivity index is 2.56. The van der Waals surface area contributed by atoms with Crippen molar-refractivity contribution in [1.29, 1.82) is 5.41 Å². The minimum absolute atomic E-state index is 0.116. The van der Waals surface area contributed by atoms with Crippen LogP contribution in [0.1, 0.15) is 11.1 Å². The fourth-order valence-corrected chi connectivity index (χ4v) is 1.35. The first-order chi connectivity index (χ1) is 5.81. The van der Waals surface area contributed by atoms with Gasteiger partial charge in [-0.3, -0.25) is 0 Å². The molecule has 0 bridgehead atoms. The third-order valence-electron chi connectivity index (χ3n) is 1.99. The van der Waals surface area contributed by atoms with E-state index in [1.807, 2.05) is 0 Å². The number of rotatable bonds is 1. The minimum atomic E-state index is 0.116. The summed E-state index contributed by atoms with van der Waals surface area (Å²) in [6, 6.07) is 3.37. The Morgan fingerprint density at radius 3 is 3.08 bits per heavy atom. The van der Waals surface area contributed by atoms with Crippen molar-refractivity contribution in [3.8, 4) is 11.5 Å². The standard InChI is InChI=1S/C9H9NO2/c10-5-7-3-6-1-2-12-9(6)4-8(7)11/h3-5,10-11H,1-2H2. The van der Waals surface area contributed by atoms with Gasteiger partial charge in [-0.25, -0.2) is 0 Å².